The number of sulfonamides is 1. The summed E-state index contributed by atoms with van der Waals surface area (Å²) in [6.07, 6.45) is 2.76. The molecule has 0 heterocycles. The molecule has 0 fully saturated rings. The number of anilines is 1. The van der Waals surface area contributed by atoms with Gasteiger partial charge in [-0.3, -0.25) is 13.9 Å². The van der Waals surface area contributed by atoms with E-state index < -0.39 is 28.5 Å². The summed E-state index contributed by atoms with van der Waals surface area (Å²) in [5.41, 5.74) is 2.04. The van der Waals surface area contributed by atoms with Crippen molar-refractivity contribution in [3.63, 3.8) is 0 Å². The van der Waals surface area contributed by atoms with Crippen LogP contribution in [0.4, 0.5) is 5.69 Å². The number of hydrogen-bond acceptors (Lipinski definition) is 4. The molecule has 0 saturated heterocycles. The second kappa shape index (κ2) is 12.4. The molecule has 0 aliphatic heterocycles. The van der Waals surface area contributed by atoms with Crippen LogP contribution in [0.15, 0.2) is 42.5 Å². The molecule has 0 aliphatic rings. The molecule has 1 N–H and O–H groups in total. The summed E-state index contributed by atoms with van der Waals surface area (Å²) >= 11 is 12.1. The van der Waals surface area contributed by atoms with Crippen LogP contribution in [0.1, 0.15) is 37.8 Å². The number of rotatable bonds is 11. The summed E-state index contributed by atoms with van der Waals surface area (Å²) in [4.78, 5) is 27.7. The van der Waals surface area contributed by atoms with Crippen molar-refractivity contribution < 1.29 is 18.0 Å². The van der Waals surface area contributed by atoms with Crippen molar-refractivity contribution >= 4 is 50.7 Å². The van der Waals surface area contributed by atoms with Gasteiger partial charge in [0.05, 0.1) is 22.0 Å². The Hall–Kier alpha value is -2.29. The van der Waals surface area contributed by atoms with E-state index in [2.05, 4.69) is 5.32 Å². The van der Waals surface area contributed by atoms with E-state index in [1.54, 1.807) is 6.92 Å². The van der Waals surface area contributed by atoms with Gasteiger partial charge in [0.2, 0.25) is 21.8 Å². The maximum atomic E-state index is 13.5. The van der Waals surface area contributed by atoms with Crippen LogP contribution in [-0.4, -0.2) is 50.5 Å². The first-order valence-electron chi connectivity index (χ1n) is 11.0. The fourth-order valence-electron chi connectivity index (χ4n) is 3.34. The van der Waals surface area contributed by atoms with Gasteiger partial charge < -0.3 is 10.2 Å². The molecule has 0 aromatic heterocycles. The van der Waals surface area contributed by atoms with Crippen molar-refractivity contribution in [1.82, 2.24) is 10.2 Å². The molecule has 2 aromatic carbocycles. The average molecular weight is 529 g/mol. The first-order valence-corrected chi connectivity index (χ1v) is 13.6. The predicted molar refractivity (Wildman–Crippen MR) is 138 cm³/mol. The summed E-state index contributed by atoms with van der Waals surface area (Å²) in [5.74, 6) is -0.811. The predicted octanol–water partition coefficient (Wildman–Crippen LogP) is 4.40. The van der Waals surface area contributed by atoms with Crippen LogP contribution in [0.3, 0.4) is 0 Å². The van der Waals surface area contributed by atoms with Gasteiger partial charge in [-0.15, -0.1) is 0 Å². The summed E-state index contributed by atoms with van der Waals surface area (Å²) in [7, 11) is -3.84. The van der Waals surface area contributed by atoms with Crippen molar-refractivity contribution in [1.29, 1.82) is 0 Å². The number of aryl methyl sites for hydroxylation is 1. The third kappa shape index (κ3) is 7.61. The van der Waals surface area contributed by atoms with E-state index in [-0.39, 0.29) is 28.2 Å². The zero-order valence-corrected chi connectivity index (χ0v) is 22.2. The summed E-state index contributed by atoms with van der Waals surface area (Å²) in [6, 6.07) is 11.1. The fourth-order valence-corrected chi connectivity index (χ4v) is 4.48. The Balaban J connectivity index is 2.38. The molecule has 7 nitrogen and oxygen atoms in total. The zero-order chi connectivity index (χ0) is 25.5. The van der Waals surface area contributed by atoms with Gasteiger partial charge in [-0.25, -0.2) is 8.42 Å². The van der Waals surface area contributed by atoms with Gasteiger partial charge in [0.25, 0.3) is 0 Å². The number of carbonyl (C=O) groups excluding carboxylic acids is 2. The van der Waals surface area contributed by atoms with Crippen LogP contribution >= 0.6 is 23.2 Å². The Morgan fingerprint density at radius 3 is 2.35 bits per heavy atom. The van der Waals surface area contributed by atoms with Gasteiger partial charge in [0, 0.05) is 13.1 Å². The first-order chi connectivity index (χ1) is 16.0. The normalized spacial score (nSPS) is 12.2. The average Bonchev–Trinajstić information content (AvgIpc) is 2.77. The number of nitrogens with zero attached hydrogens (tertiary/aromatic N) is 2. The third-order valence-electron chi connectivity index (χ3n) is 5.47. The van der Waals surface area contributed by atoms with Gasteiger partial charge in [-0.1, -0.05) is 60.8 Å². The van der Waals surface area contributed by atoms with Crippen molar-refractivity contribution in [2.24, 2.45) is 0 Å². The Morgan fingerprint density at radius 1 is 1.09 bits per heavy atom. The van der Waals surface area contributed by atoms with Gasteiger partial charge in [-0.2, -0.15) is 0 Å². The molecule has 1 atom stereocenters. The van der Waals surface area contributed by atoms with E-state index in [0.717, 1.165) is 34.5 Å². The van der Waals surface area contributed by atoms with Crippen molar-refractivity contribution in [3.8, 4) is 0 Å². The molecule has 2 amide bonds. The number of amides is 2. The Bertz CT molecular complexity index is 1120. The second-order valence-electron chi connectivity index (χ2n) is 8.14. The molecule has 0 saturated carbocycles. The minimum atomic E-state index is -3.84. The zero-order valence-electron chi connectivity index (χ0n) is 19.8. The number of hydrogen-bond donors (Lipinski definition) is 1. The van der Waals surface area contributed by atoms with E-state index in [0.29, 0.717) is 6.54 Å². The van der Waals surface area contributed by atoms with Crippen LogP contribution < -0.4 is 9.62 Å². The largest absolute Gasteiger partial charge is 0.354 e. The molecule has 186 valence electrons. The fraction of sp³-hybridized carbons (Fsp3) is 0.417. The Kier molecular flexibility index (Phi) is 10.2. The van der Waals surface area contributed by atoms with E-state index in [9.17, 15) is 18.0 Å². The number of benzene rings is 2. The monoisotopic (exact) mass is 527 g/mol. The number of nitrogens with one attached hydrogen (secondary N) is 1. The molecular weight excluding hydrogens is 497 g/mol. The SMILES string of the molecule is CCCCNC(=O)[C@@H](C)N(Cc1ccccc1C)C(=O)CN(c1ccc(Cl)c(Cl)c1)S(C)(=O)=O. The van der Waals surface area contributed by atoms with E-state index in [1.165, 1.54) is 23.1 Å². The van der Waals surface area contributed by atoms with Crippen molar-refractivity contribution in [2.45, 2.75) is 46.2 Å². The molecule has 0 aliphatic carbocycles. The highest BCUT2D eigenvalue weighted by Crippen LogP contribution is 2.28. The lowest BCUT2D eigenvalue weighted by atomic mass is 10.1. The molecule has 2 rings (SSSR count). The van der Waals surface area contributed by atoms with E-state index >= 15 is 0 Å². The molecule has 0 unspecified atom stereocenters. The molecule has 0 bridgehead atoms. The molecule has 34 heavy (non-hydrogen) atoms. The number of carbonyl (C=O) groups is 2. The smallest absolute Gasteiger partial charge is 0.244 e. The van der Waals surface area contributed by atoms with Gasteiger partial charge in [0.1, 0.15) is 12.6 Å². The van der Waals surface area contributed by atoms with Gasteiger partial charge in [-0.05, 0) is 49.6 Å². The second-order valence-corrected chi connectivity index (χ2v) is 10.9. The molecule has 0 spiro atoms. The minimum absolute atomic E-state index is 0.160. The third-order valence-corrected chi connectivity index (χ3v) is 7.35. The Labute approximate surface area is 212 Å². The Morgan fingerprint density at radius 2 is 1.76 bits per heavy atom. The van der Waals surface area contributed by atoms with Crippen molar-refractivity contribution in [2.75, 3.05) is 23.7 Å². The summed E-state index contributed by atoms with van der Waals surface area (Å²) in [5, 5.41) is 3.29. The van der Waals surface area contributed by atoms with Gasteiger partial charge in [0.15, 0.2) is 0 Å². The van der Waals surface area contributed by atoms with Crippen LogP contribution in [-0.2, 0) is 26.2 Å². The highest BCUT2D eigenvalue weighted by Gasteiger charge is 2.30. The number of halogens is 2. The van der Waals surface area contributed by atoms with Crippen LogP contribution in [0.5, 0.6) is 0 Å². The van der Waals surface area contributed by atoms with E-state index in [1.807, 2.05) is 38.1 Å². The summed E-state index contributed by atoms with van der Waals surface area (Å²) < 4.78 is 26.1. The van der Waals surface area contributed by atoms with Crippen LogP contribution in [0.2, 0.25) is 10.0 Å². The lowest BCUT2D eigenvalue weighted by Gasteiger charge is -2.32. The maximum absolute atomic E-state index is 13.5. The molecule has 2 aromatic rings. The van der Waals surface area contributed by atoms with E-state index in [4.69, 9.17) is 23.2 Å². The topological polar surface area (TPSA) is 86.8 Å². The quantitative estimate of drug-likeness (QED) is 0.438. The molecule has 10 heteroatoms. The maximum Gasteiger partial charge on any atom is 0.244 e. The van der Waals surface area contributed by atoms with Crippen molar-refractivity contribution in [3.05, 3.63) is 63.6 Å². The minimum Gasteiger partial charge on any atom is -0.354 e. The van der Waals surface area contributed by atoms with Gasteiger partial charge >= 0.3 is 0 Å². The highest BCUT2D eigenvalue weighted by molar-refractivity contribution is 7.92. The number of unbranched alkanes of at least 4 members (excludes halogenated alkanes) is 1. The van der Waals surface area contributed by atoms with Crippen LogP contribution in [0.25, 0.3) is 0 Å². The highest BCUT2D eigenvalue weighted by atomic mass is 35.5. The summed E-state index contributed by atoms with van der Waals surface area (Å²) in [6.45, 7) is 5.75. The lowest BCUT2D eigenvalue weighted by molar-refractivity contribution is -0.139. The molecular formula is C24H31Cl2N3O4S. The first kappa shape index (κ1) is 28.0. The standard InChI is InChI=1S/C24H31Cl2N3O4S/c1-5-6-13-27-24(31)18(3)28(15-19-10-8-7-9-17(19)2)23(30)16-29(34(4,32)33)20-11-12-21(25)22(26)14-20/h7-12,14,18H,5-6,13,15-16H2,1-4H3,(H,27,31)/t18-/m1/s1. The molecule has 0 radical (unpaired) electrons. The lowest BCUT2D eigenvalue weighted by Crippen LogP contribution is -2.51. The van der Waals surface area contributed by atoms with Crippen LogP contribution in [0, 0.1) is 6.92 Å².